The minimum absolute atomic E-state index is 0.382. The predicted octanol–water partition coefficient (Wildman–Crippen LogP) is 1.80. The average Bonchev–Trinajstić information content (AvgIpc) is 2.95. The summed E-state index contributed by atoms with van der Waals surface area (Å²) in [6, 6.07) is 0. The second-order valence-corrected chi connectivity index (χ2v) is 5.32. The molecule has 106 valence electrons. The van der Waals surface area contributed by atoms with Crippen molar-refractivity contribution >= 4 is 23.0 Å². The molecule has 1 aliphatic rings. The first-order valence-electron chi connectivity index (χ1n) is 6.83. The molecule has 1 aliphatic carbocycles. The minimum Gasteiger partial charge on any atom is -0.481 e. The number of rotatable bonds is 4. The lowest BCUT2D eigenvalue weighted by Crippen LogP contribution is -2.39. The molecule has 0 aliphatic heterocycles. The summed E-state index contributed by atoms with van der Waals surface area (Å²) < 4.78 is 0. The van der Waals surface area contributed by atoms with E-state index in [2.05, 4.69) is 25.3 Å². The lowest BCUT2D eigenvalue weighted by molar-refractivity contribution is -0.150. The van der Waals surface area contributed by atoms with Crippen molar-refractivity contribution in [3.8, 4) is 0 Å². The average molecular weight is 275 g/mol. The van der Waals surface area contributed by atoms with E-state index in [1.807, 2.05) is 0 Å². The molecule has 0 atom stereocenters. The van der Waals surface area contributed by atoms with Crippen LogP contribution in [0.2, 0.25) is 0 Å². The van der Waals surface area contributed by atoms with Gasteiger partial charge in [0.1, 0.15) is 11.8 Å². The highest BCUT2D eigenvalue weighted by atomic mass is 16.4. The Morgan fingerprint density at radius 1 is 1.30 bits per heavy atom. The van der Waals surface area contributed by atoms with E-state index in [1.54, 1.807) is 6.33 Å². The van der Waals surface area contributed by atoms with Crippen LogP contribution in [0.25, 0.3) is 11.2 Å². The molecule has 0 saturated heterocycles. The van der Waals surface area contributed by atoms with Crippen molar-refractivity contribution in [2.45, 2.75) is 32.1 Å². The molecule has 20 heavy (non-hydrogen) atoms. The van der Waals surface area contributed by atoms with Crippen molar-refractivity contribution in [1.29, 1.82) is 0 Å². The number of hydrogen-bond acceptors (Lipinski definition) is 5. The third-order valence-electron chi connectivity index (χ3n) is 4.08. The number of fused-ring (bicyclic) bond motifs is 1. The maximum Gasteiger partial charge on any atom is 0.311 e. The van der Waals surface area contributed by atoms with E-state index in [4.69, 9.17) is 0 Å². The number of aliphatic carboxylic acids is 1. The third kappa shape index (κ3) is 2.19. The van der Waals surface area contributed by atoms with Gasteiger partial charge in [0.15, 0.2) is 11.5 Å². The number of carboxylic acid groups (broad SMARTS) is 1. The van der Waals surface area contributed by atoms with Gasteiger partial charge in [0.05, 0.1) is 11.7 Å². The Hall–Kier alpha value is -2.18. The van der Waals surface area contributed by atoms with Crippen molar-refractivity contribution in [2.75, 3.05) is 11.9 Å². The molecule has 0 unspecified atom stereocenters. The van der Waals surface area contributed by atoms with Crippen LogP contribution in [0, 0.1) is 5.41 Å². The number of nitrogens with zero attached hydrogens (tertiary/aromatic N) is 3. The Morgan fingerprint density at radius 3 is 2.85 bits per heavy atom. The zero-order valence-corrected chi connectivity index (χ0v) is 11.1. The SMILES string of the molecule is O=C(O)C1(CNc2ncnc3nc[nH]c23)CCCCC1. The Labute approximate surface area is 115 Å². The predicted molar refractivity (Wildman–Crippen MR) is 73.3 cm³/mol. The molecular weight excluding hydrogens is 258 g/mol. The number of nitrogens with one attached hydrogen (secondary N) is 2. The fourth-order valence-corrected chi connectivity index (χ4v) is 2.85. The monoisotopic (exact) mass is 275 g/mol. The molecule has 7 heteroatoms. The van der Waals surface area contributed by atoms with Gasteiger partial charge in [-0.05, 0) is 12.8 Å². The van der Waals surface area contributed by atoms with Crippen LogP contribution in [0.15, 0.2) is 12.7 Å². The van der Waals surface area contributed by atoms with E-state index in [9.17, 15) is 9.90 Å². The molecule has 0 aromatic carbocycles. The number of carboxylic acids is 1. The Bertz CT molecular complexity index is 618. The van der Waals surface area contributed by atoms with Gasteiger partial charge in [-0.2, -0.15) is 0 Å². The van der Waals surface area contributed by atoms with Gasteiger partial charge >= 0.3 is 5.97 Å². The van der Waals surface area contributed by atoms with Crippen LogP contribution < -0.4 is 5.32 Å². The second-order valence-electron chi connectivity index (χ2n) is 5.32. The van der Waals surface area contributed by atoms with Crippen LogP contribution in [0.3, 0.4) is 0 Å². The topological polar surface area (TPSA) is 104 Å². The van der Waals surface area contributed by atoms with Gasteiger partial charge in [-0.25, -0.2) is 15.0 Å². The largest absolute Gasteiger partial charge is 0.481 e. The van der Waals surface area contributed by atoms with Gasteiger partial charge in [0, 0.05) is 6.54 Å². The van der Waals surface area contributed by atoms with Gasteiger partial charge in [-0.15, -0.1) is 0 Å². The number of imidazole rings is 1. The number of aromatic amines is 1. The Kier molecular flexibility index (Phi) is 3.25. The third-order valence-corrected chi connectivity index (χ3v) is 4.08. The lowest BCUT2D eigenvalue weighted by atomic mass is 9.74. The highest BCUT2D eigenvalue weighted by Gasteiger charge is 2.39. The number of carbonyl (C=O) groups is 1. The van der Waals surface area contributed by atoms with Crippen molar-refractivity contribution in [3.05, 3.63) is 12.7 Å². The summed E-state index contributed by atoms with van der Waals surface area (Å²) in [6.45, 7) is 0.382. The van der Waals surface area contributed by atoms with Gasteiger partial charge in [0.25, 0.3) is 0 Å². The van der Waals surface area contributed by atoms with E-state index in [-0.39, 0.29) is 0 Å². The molecular formula is C13H17N5O2. The molecule has 3 N–H and O–H groups in total. The van der Waals surface area contributed by atoms with E-state index in [0.717, 1.165) is 19.3 Å². The summed E-state index contributed by atoms with van der Waals surface area (Å²) in [5, 5.41) is 12.7. The molecule has 7 nitrogen and oxygen atoms in total. The van der Waals surface area contributed by atoms with Crippen LogP contribution in [0.4, 0.5) is 5.82 Å². The molecule has 1 fully saturated rings. The number of H-pyrrole nitrogens is 1. The summed E-state index contributed by atoms with van der Waals surface area (Å²) in [7, 11) is 0. The van der Waals surface area contributed by atoms with Crippen molar-refractivity contribution in [3.63, 3.8) is 0 Å². The number of anilines is 1. The summed E-state index contributed by atoms with van der Waals surface area (Å²) in [4.78, 5) is 26.9. The van der Waals surface area contributed by atoms with E-state index in [1.165, 1.54) is 6.33 Å². The van der Waals surface area contributed by atoms with Crippen LogP contribution in [-0.2, 0) is 4.79 Å². The molecule has 3 rings (SSSR count). The maximum atomic E-state index is 11.6. The molecule has 1 saturated carbocycles. The van der Waals surface area contributed by atoms with Crippen LogP contribution in [0.1, 0.15) is 32.1 Å². The van der Waals surface area contributed by atoms with Gasteiger partial charge in [-0.1, -0.05) is 19.3 Å². The highest BCUT2D eigenvalue weighted by Crippen LogP contribution is 2.36. The minimum atomic E-state index is -0.723. The van der Waals surface area contributed by atoms with E-state index in [0.29, 0.717) is 36.4 Å². The number of hydrogen-bond donors (Lipinski definition) is 3. The second kappa shape index (κ2) is 5.07. The Morgan fingerprint density at radius 2 is 2.10 bits per heavy atom. The van der Waals surface area contributed by atoms with Crippen molar-refractivity contribution in [1.82, 2.24) is 19.9 Å². The highest BCUT2D eigenvalue weighted by molar-refractivity contribution is 5.82. The maximum absolute atomic E-state index is 11.6. The standard InChI is InChI=1S/C13H17N5O2/c19-12(20)13(4-2-1-3-5-13)6-14-10-9-11(16-7-15-9)18-8-17-10/h7-8H,1-6H2,(H,19,20)(H2,14,15,16,17,18). The van der Waals surface area contributed by atoms with Crippen LogP contribution in [0.5, 0.6) is 0 Å². The zero-order valence-electron chi connectivity index (χ0n) is 11.1. The molecule has 0 radical (unpaired) electrons. The first kappa shape index (κ1) is 12.8. The molecule has 0 bridgehead atoms. The fourth-order valence-electron chi connectivity index (χ4n) is 2.85. The van der Waals surface area contributed by atoms with Gasteiger partial charge in [0.2, 0.25) is 0 Å². The summed E-state index contributed by atoms with van der Waals surface area (Å²) in [6.07, 6.45) is 7.47. The van der Waals surface area contributed by atoms with E-state index >= 15 is 0 Å². The first-order chi connectivity index (χ1) is 9.71. The summed E-state index contributed by atoms with van der Waals surface area (Å²) in [5.41, 5.74) is 0.606. The smallest absolute Gasteiger partial charge is 0.311 e. The van der Waals surface area contributed by atoms with E-state index < -0.39 is 11.4 Å². The lowest BCUT2D eigenvalue weighted by Gasteiger charge is -2.33. The summed E-state index contributed by atoms with van der Waals surface area (Å²) >= 11 is 0. The molecule has 2 aromatic heterocycles. The number of aromatic nitrogens is 4. The fraction of sp³-hybridized carbons (Fsp3) is 0.538. The zero-order chi connectivity index (χ0) is 14.0. The molecule has 2 aromatic rings. The molecule has 2 heterocycles. The van der Waals surface area contributed by atoms with Gasteiger partial charge in [-0.3, -0.25) is 4.79 Å². The van der Waals surface area contributed by atoms with Crippen LogP contribution in [-0.4, -0.2) is 37.6 Å². The summed E-state index contributed by atoms with van der Waals surface area (Å²) in [5.74, 6) is -0.113. The van der Waals surface area contributed by atoms with Crippen molar-refractivity contribution < 1.29 is 9.90 Å². The quantitative estimate of drug-likeness (QED) is 0.786. The Balaban J connectivity index is 1.80. The first-order valence-corrected chi connectivity index (χ1v) is 6.83. The molecule has 0 spiro atoms. The normalized spacial score (nSPS) is 18.0. The van der Waals surface area contributed by atoms with Crippen LogP contribution >= 0.6 is 0 Å². The van der Waals surface area contributed by atoms with Gasteiger partial charge < -0.3 is 15.4 Å². The molecule has 0 amide bonds. The van der Waals surface area contributed by atoms with Crippen molar-refractivity contribution in [2.24, 2.45) is 5.41 Å².